The molecule has 2 unspecified atom stereocenters. The first-order valence-electron chi connectivity index (χ1n) is 9.12. The van der Waals surface area contributed by atoms with Crippen LogP contribution in [0, 0.1) is 0 Å². The molecule has 2 atom stereocenters. The van der Waals surface area contributed by atoms with Crippen LogP contribution in [-0.2, 0) is 9.47 Å². The number of allylic oxidation sites excluding steroid dienone is 2. The maximum atomic E-state index is 6.03. The lowest BCUT2D eigenvalue weighted by molar-refractivity contribution is -0.145. The van der Waals surface area contributed by atoms with Gasteiger partial charge in [-0.1, -0.05) is 74.4 Å². The Morgan fingerprint density at radius 3 is 2.35 bits per heavy atom. The summed E-state index contributed by atoms with van der Waals surface area (Å²) < 4.78 is 12.7. The Balaban J connectivity index is 3.98. The zero-order chi connectivity index (χ0) is 17.2. The minimum atomic E-state index is -0.124. The fraction of sp³-hybridized carbons (Fsp3) is 0.750. The maximum absolute atomic E-state index is 6.03. The average molecular weight is 434 g/mol. The molecule has 0 aromatic rings. The van der Waals surface area contributed by atoms with Crippen molar-refractivity contribution < 1.29 is 9.47 Å². The number of ether oxygens (including phenoxy) is 2. The molecule has 0 aromatic carbocycles. The first kappa shape index (κ1) is 22.9. The minimum absolute atomic E-state index is 0.0578. The molecule has 0 aliphatic carbocycles. The molecule has 0 amide bonds. The van der Waals surface area contributed by atoms with E-state index in [1.165, 1.54) is 25.7 Å². The zero-order valence-corrected chi connectivity index (χ0v) is 17.2. The van der Waals surface area contributed by atoms with Crippen molar-refractivity contribution in [1.29, 1.82) is 0 Å². The molecule has 3 heteroatoms. The van der Waals surface area contributed by atoms with E-state index < -0.39 is 0 Å². The van der Waals surface area contributed by atoms with Crippen molar-refractivity contribution in [3.8, 4) is 0 Å². The van der Waals surface area contributed by atoms with Crippen molar-refractivity contribution in [2.24, 2.45) is 0 Å². The predicted molar refractivity (Wildman–Crippen MR) is 109 cm³/mol. The van der Waals surface area contributed by atoms with Gasteiger partial charge in [0, 0.05) is 6.61 Å². The molecular weight excluding hydrogens is 399 g/mol. The molecular formula is C20H35IO2. The monoisotopic (exact) mass is 434 g/mol. The van der Waals surface area contributed by atoms with E-state index in [1.54, 1.807) is 0 Å². The third kappa shape index (κ3) is 15.2. The van der Waals surface area contributed by atoms with Gasteiger partial charge in [-0.15, -0.1) is 5.73 Å². The molecule has 0 bridgehead atoms. The Morgan fingerprint density at radius 2 is 1.74 bits per heavy atom. The van der Waals surface area contributed by atoms with E-state index in [-0.39, 0.29) is 12.4 Å². The highest BCUT2D eigenvalue weighted by Gasteiger charge is 2.13. The Kier molecular flexibility index (Phi) is 18.2. The number of alkyl halides is 1. The van der Waals surface area contributed by atoms with E-state index in [1.807, 2.05) is 6.08 Å². The van der Waals surface area contributed by atoms with Gasteiger partial charge in [0.2, 0.25) is 0 Å². The standard InChI is InChI=1S/C20H35IO2/c1-4-7-9-10-11-12-13-14-16-19(15-6-3)23-20(18-21)22-17-8-5-2/h11-12,15,19-20H,3-5,7-10,13-14,16-18H2,1-2H3/b12-11+. The van der Waals surface area contributed by atoms with E-state index in [0.717, 1.165) is 43.1 Å². The smallest absolute Gasteiger partial charge is 0.167 e. The summed E-state index contributed by atoms with van der Waals surface area (Å²) in [5.41, 5.74) is 2.86. The second-order valence-electron chi connectivity index (χ2n) is 5.75. The van der Waals surface area contributed by atoms with Crippen LogP contribution in [0.4, 0.5) is 0 Å². The summed E-state index contributed by atoms with van der Waals surface area (Å²) >= 11 is 2.32. The Bertz CT molecular complexity index is 322. The molecule has 0 saturated heterocycles. The number of hydrogen-bond acceptors (Lipinski definition) is 2. The van der Waals surface area contributed by atoms with Crippen LogP contribution in [0.5, 0.6) is 0 Å². The van der Waals surface area contributed by atoms with Crippen LogP contribution in [0.2, 0.25) is 0 Å². The van der Waals surface area contributed by atoms with Crippen molar-refractivity contribution in [3.05, 3.63) is 30.5 Å². The van der Waals surface area contributed by atoms with Gasteiger partial charge >= 0.3 is 0 Å². The molecule has 2 nitrogen and oxygen atoms in total. The van der Waals surface area contributed by atoms with Crippen LogP contribution in [0.1, 0.15) is 71.6 Å². The lowest BCUT2D eigenvalue weighted by Gasteiger charge is -2.21. The molecule has 0 N–H and O–H groups in total. The van der Waals surface area contributed by atoms with Gasteiger partial charge in [-0.05, 0) is 44.6 Å². The van der Waals surface area contributed by atoms with Gasteiger partial charge in [-0.3, -0.25) is 0 Å². The van der Waals surface area contributed by atoms with Crippen LogP contribution in [0.3, 0.4) is 0 Å². The van der Waals surface area contributed by atoms with Crippen molar-refractivity contribution >= 4 is 22.6 Å². The second-order valence-corrected chi connectivity index (χ2v) is 6.63. The van der Waals surface area contributed by atoms with E-state index >= 15 is 0 Å². The van der Waals surface area contributed by atoms with E-state index in [2.05, 4.69) is 60.9 Å². The molecule has 0 spiro atoms. The molecule has 0 rings (SSSR count). The normalized spacial score (nSPS) is 13.9. The lowest BCUT2D eigenvalue weighted by atomic mass is 10.1. The third-order valence-corrected chi connectivity index (χ3v) is 4.28. The van der Waals surface area contributed by atoms with Crippen molar-refractivity contribution in [2.75, 3.05) is 11.0 Å². The summed E-state index contributed by atoms with van der Waals surface area (Å²) in [6.45, 7) is 8.86. The maximum Gasteiger partial charge on any atom is 0.167 e. The Labute approximate surface area is 157 Å². The summed E-state index contributed by atoms with van der Waals surface area (Å²) in [4.78, 5) is 0. The SMILES string of the molecule is C=C=CC(CCC/C=C/CCCCC)OC(CI)OCCCC. The molecule has 0 heterocycles. The molecule has 23 heavy (non-hydrogen) atoms. The Hall–Kier alpha value is -0.0900. The van der Waals surface area contributed by atoms with Crippen LogP contribution >= 0.6 is 22.6 Å². The molecule has 0 saturated carbocycles. The summed E-state index contributed by atoms with van der Waals surface area (Å²) in [5.74, 6) is 0. The fourth-order valence-electron chi connectivity index (χ4n) is 2.18. The topological polar surface area (TPSA) is 18.5 Å². The van der Waals surface area contributed by atoms with Gasteiger partial charge in [0.15, 0.2) is 6.29 Å². The third-order valence-electron chi connectivity index (χ3n) is 3.56. The van der Waals surface area contributed by atoms with E-state index in [4.69, 9.17) is 9.47 Å². The lowest BCUT2D eigenvalue weighted by Crippen LogP contribution is -2.25. The summed E-state index contributed by atoms with van der Waals surface area (Å²) in [5, 5.41) is 0. The number of unbranched alkanes of at least 4 members (excludes halogenated alkanes) is 5. The predicted octanol–water partition coefficient (Wildman–Crippen LogP) is 6.60. The second kappa shape index (κ2) is 18.3. The first-order chi connectivity index (χ1) is 11.3. The van der Waals surface area contributed by atoms with Gasteiger partial charge in [-0.2, -0.15) is 0 Å². The quantitative estimate of drug-likeness (QED) is 0.0681. The highest BCUT2D eigenvalue weighted by molar-refractivity contribution is 14.1. The summed E-state index contributed by atoms with van der Waals surface area (Å²) in [7, 11) is 0. The molecule has 0 fully saturated rings. The fourth-order valence-corrected chi connectivity index (χ4v) is 2.64. The van der Waals surface area contributed by atoms with E-state index in [9.17, 15) is 0 Å². The van der Waals surface area contributed by atoms with Crippen LogP contribution in [0.15, 0.2) is 30.5 Å². The largest absolute Gasteiger partial charge is 0.352 e. The highest BCUT2D eigenvalue weighted by Crippen LogP contribution is 2.13. The van der Waals surface area contributed by atoms with Gasteiger partial charge in [-0.25, -0.2) is 0 Å². The first-order valence-corrected chi connectivity index (χ1v) is 10.6. The molecule has 0 aliphatic rings. The minimum Gasteiger partial charge on any atom is -0.352 e. The van der Waals surface area contributed by atoms with Crippen LogP contribution < -0.4 is 0 Å². The zero-order valence-electron chi connectivity index (χ0n) is 15.1. The molecule has 0 aliphatic heterocycles. The van der Waals surface area contributed by atoms with Crippen molar-refractivity contribution in [2.45, 2.75) is 84.0 Å². The molecule has 134 valence electrons. The van der Waals surface area contributed by atoms with Gasteiger partial charge in [0.25, 0.3) is 0 Å². The van der Waals surface area contributed by atoms with E-state index in [0.29, 0.717) is 0 Å². The number of hydrogen-bond donors (Lipinski definition) is 0. The average Bonchev–Trinajstić information content (AvgIpc) is 2.56. The van der Waals surface area contributed by atoms with Crippen molar-refractivity contribution in [1.82, 2.24) is 0 Å². The number of rotatable bonds is 16. The summed E-state index contributed by atoms with van der Waals surface area (Å²) in [6, 6.07) is 0. The molecule has 0 aromatic heterocycles. The summed E-state index contributed by atoms with van der Waals surface area (Å²) in [6.07, 6.45) is 17.1. The van der Waals surface area contributed by atoms with Crippen molar-refractivity contribution in [3.63, 3.8) is 0 Å². The highest BCUT2D eigenvalue weighted by atomic mass is 127. The van der Waals surface area contributed by atoms with Crippen LogP contribution in [-0.4, -0.2) is 23.4 Å². The van der Waals surface area contributed by atoms with Gasteiger partial charge < -0.3 is 9.47 Å². The van der Waals surface area contributed by atoms with Crippen LogP contribution in [0.25, 0.3) is 0 Å². The molecule has 0 radical (unpaired) electrons. The van der Waals surface area contributed by atoms with Gasteiger partial charge in [0.1, 0.15) is 0 Å². The number of halogens is 1. The Morgan fingerprint density at radius 1 is 1.04 bits per heavy atom. The van der Waals surface area contributed by atoms with Gasteiger partial charge in [0.05, 0.1) is 10.5 Å².